The van der Waals surface area contributed by atoms with Crippen LogP contribution in [0.2, 0.25) is 0 Å². The van der Waals surface area contributed by atoms with E-state index in [2.05, 4.69) is 20.6 Å². The van der Waals surface area contributed by atoms with Gasteiger partial charge in [0.15, 0.2) is 0 Å². The largest absolute Gasteiger partial charge is 0.497 e. The summed E-state index contributed by atoms with van der Waals surface area (Å²) in [5.41, 5.74) is 3.29. The highest BCUT2D eigenvalue weighted by molar-refractivity contribution is 5.89. The van der Waals surface area contributed by atoms with Crippen molar-refractivity contribution in [3.63, 3.8) is 0 Å². The van der Waals surface area contributed by atoms with Crippen LogP contribution in [0.3, 0.4) is 0 Å². The molecule has 0 aliphatic heterocycles. The lowest BCUT2D eigenvalue weighted by molar-refractivity contribution is -0.138. The molecule has 4 rings (SSSR count). The van der Waals surface area contributed by atoms with Gasteiger partial charge in [0.2, 0.25) is 11.8 Å². The van der Waals surface area contributed by atoms with Crippen LogP contribution in [0.1, 0.15) is 35.2 Å². The Morgan fingerprint density at radius 3 is 2.28 bits per heavy atom. The number of benzene rings is 3. The molecule has 43 heavy (non-hydrogen) atoms. The number of carbonyl (C=O) groups is 3. The van der Waals surface area contributed by atoms with E-state index in [1.54, 1.807) is 25.4 Å². The lowest BCUT2D eigenvalue weighted by Crippen LogP contribution is -2.52. The third-order valence-electron chi connectivity index (χ3n) is 6.92. The summed E-state index contributed by atoms with van der Waals surface area (Å²) in [4.78, 5) is 48.5. The molecule has 0 radical (unpaired) electrons. The van der Waals surface area contributed by atoms with Gasteiger partial charge in [0.05, 0.1) is 25.7 Å². The second-order valence-corrected chi connectivity index (χ2v) is 10.2. The van der Waals surface area contributed by atoms with Gasteiger partial charge in [-0.3, -0.25) is 9.59 Å². The Morgan fingerprint density at radius 1 is 0.930 bits per heavy atom. The van der Waals surface area contributed by atoms with Crippen molar-refractivity contribution in [2.24, 2.45) is 0 Å². The molecule has 0 fully saturated rings. The van der Waals surface area contributed by atoms with Crippen molar-refractivity contribution in [2.45, 2.75) is 38.5 Å². The average molecular weight is 584 g/mol. The summed E-state index contributed by atoms with van der Waals surface area (Å²) in [6, 6.07) is 25.4. The molecule has 0 bridgehead atoms. The monoisotopic (exact) mass is 583 g/mol. The normalized spacial score (nSPS) is 12.0. The summed E-state index contributed by atoms with van der Waals surface area (Å²) >= 11 is 0. The number of alkyl carbamates (subject to hydrolysis) is 1. The van der Waals surface area contributed by atoms with Gasteiger partial charge in [0, 0.05) is 25.7 Å². The molecule has 0 saturated heterocycles. The molecule has 10 nitrogen and oxygen atoms in total. The van der Waals surface area contributed by atoms with E-state index in [4.69, 9.17) is 9.47 Å². The maximum absolute atomic E-state index is 14.0. The van der Waals surface area contributed by atoms with Crippen molar-refractivity contribution < 1.29 is 23.9 Å². The van der Waals surface area contributed by atoms with E-state index in [-0.39, 0.29) is 37.9 Å². The summed E-state index contributed by atoms with van der Waals surface area (Å²) in [7, 11) is 1.58. The van der Waals surface area contributed by atoms with E-state index < -0.39 is 18.0 Å². The zero-order chi connectivity index (χ0) is 30.4. The highest BCUT2D eigenvalue weighted by Crippen LogP contribution is 2.16. The highest BCUT2D eigenvalue weighted by Gasteiger charge is 2.29. The minimum atomic E-state index is -1.03. The molecule has 224 valence electrons. The third-order valence-corrected chi connectivity index (χ3v) is 6.92. The second kappa shape index (κ2) is 15.8. The Bertz CT molecular complexity index is 1430. The standard InChI is InChI=1S/C33H37N5O5/c1-24(27-11-7-4-8-12-27)18-35-31(39)21-38(20-25-13-15-29(42-2)16-14-25)32(40)30(17-28-19-34-23-36-28)37-33(41)43-22-26-9-5-3-6-10-26/h3-16,19,23-24,30H,17-18,20-22H2,1-2H3,(H,34,36)(H,35,39)(H,37,41). The molecule has 3 amide bonds. The predicted molar refractivity (Wildman–Crippen MR) is 162 cm³/mol. The Labute approximate surface area is 251 Å². The molecule has 0 spiro atoms. The smallest absolute Gasteiger partial charge is 0.408 e. The number of hydrogen-bond donors (Lipinski definition) is 3. The van der Waals surface area contributed by atoms with Crippen molar-refractivity contribution in [1.82, 2.24) is 25.5 Å². The van der Waals surface area contributed by atoms with Gasteiger partial charge in [-0.05, 0) is 34.7 Å². The van der Waals surface area contributed by atoms with Crippen LogP contribution in [0.5, 0.6) is 5.75 Å². The lowest BCUT2D eigenvalue weighted by Gasteiger charge is -2.27. The minimum absolute atomic E-state index is 0.0492. The molecule has 4 aromatic rings. The first-order chi connectivity index (χ1) is 20.9. The molecular weight excluding hydrogens is 546 g/mol. The maximum Gasteiger partial charge on any atom is 0.408 e. The number of aromatic amines is 1. The SMILES string of the molecule is COc1ccc(CN(CC(=O)NCC(C)c2ccccc2)C(=O)C(Cc2c[nH]cn2)NC(=O)OCc2ccccc2)cc1. The van der Waals surface area contributed by atoms with Crippen molar-refractivity contribution in [3.05, 3.63) is 120 Å². The number of nitrogens with zero attached hydrogens (tertiary/aromatic N) is 2. The van der Waals surface area contributed by atoms with Crippen LogP contribution in [0.4, 0.5) is 4.79 Å². The highest BCUT2D eigenvalue weighted by atomic mass is 16.5. The molecule has 1 aromatic heterocycles. The molecule has 0 aliphatic carbocycles. The van der Waals surface area contributed by atoms with Crippen molar-refractivity contribution in [2.75, 3.05) is 20.2 Å². The first kappa shape index (κ1) is 30.8. The number of ether oxygens (including phenoxy) is 2. The minimum Gasteiger partial charge on any atom is -0.497 e. The number of nitrogens with one attached hydrogen (secondary N) is 3. The lowest BCUT2D eigenvalue weighted by atomic mass is 10.0. The van der Waals surface area contributed by atoms with Crippen LogP contribution in [0.15, 0.2) is 97.5 Å². The van der Waals surface area contributed by atoms with Gasteiger partial charge in [-0.1, -0.05) is 79.7 Å². The average Bonchev–Trinajstić information content (AvgIpc) is 3.56. The number of aromatic nitrogens is 2. The summed E-state index contributed by atoms with van der Waals surface area (Å²) in [6.07, 6.45) is 2.52. The van der Waals surface area contributed by atoms with Gasteiger partial charge in [-0.15, -0.1) is 0 Å². The molecule has 0 aliphatic rings. The summed E-state index contributed by atoms with van der Waals surface area (Å²) in [6.45, 7) is 2.43. The molecular formula is C33H37N5O5. The van der Waals surface area contributed by atoms with Crippen molar-refractivity contribution in [1.29, 1.82) is 0 Å². The van der Waals surface area contributed by atoms with E-state index in [1.807, 2.05) is 79.7 Å². The number of carbonyl (C=O) groups excluding carboxylic acids is 3. The third kappa shape index (κ3) is 9.74. The van der Waals surface area contributed by atoms with Crippen LogP contribution in [-0.4, -0.2) is 59.0 Å². The molecule has 10 heteroatoms. The van der Waals surface area contributed by atoms with Gasteiger partial charge < -0.3 is 30.0 Å². The zero-order valence-electron chi connectivity index (χ0n) is 24.4. The number of imidazole rings is 1. The van der Waals surface area contributed by atoms with Gasteiger partial charge in [0.1, 0.15) is 18.4 Å². The fraction of sp³-hybridized carbons (Fsp3) is 0.273. The van der Waals surface area contributed by atoms with Gasteiger partial charge in [0.25, 0.3) is 0 Å². The molecule has 3 N–H and O–H groups in total. The quantitative estimate of drug-likeness (QED) is 0.204. The summed E-state index contributed by atoms with van der Waals surface area (Å²) in [5.74, 6) is 0.00872. The molecule has 3 aromatic carbocycles. The molecule has 2 atom stereocenters. The van der Waals surface area contributed by atoms with E-state index in [9.17, 15) is 14.4 Å². The fourth-order valence-corrected chi connectivity index (χ4v) is 4.50. The topological polar surface area (TPSA) is 126 Å². The van der Waals surface area contributed by atoms with Crippen LogP contribution in [0, 0.1) is 0 Å². The number of hydrogen-bond acceptors (Lipinski definition) is 6. The first-order valence-corrected chi connectivity index (χ1v) is 14.1. The Hall–Kier alpha value is -5.12. The molecule has 1 heterocycles. The summed E-state index contributed by atoms with van der Waals surface area (Å²) in [5, 5.41) is 5.65. The predicted octanol–water partition coefficient (Wildman–Crippen LogP) is 4.20. The van der Waals surface area contributed by atoms with E-state index in [1.165, 1.54) is 11.2 Å². The second-order valence-electron chi connectivity index (χ2n) is 10.2. The molecule has 2 unspecified atom stereocenters. The maximum atomic E-state index is 14.0. The van der Waals surface area contributed by atoms with Gasteiger partial charge in [-0.2, -0.15) is 0 Å². The van der Waals surface area contributed by atoms with Crippen LogP contribution >= 0.6 is 0 Å². The van der Waals surface area contributed by atoms with Crippen LogP contribution in [-0.2, 0) is 33.9 Å². The van der Waals surface area contributed by atoms with Gasteiger partial charge >= 0.3 is 6.09 Å². The van der Waals surface area contributed by atoms with Crippen LogP contribution < -0.4 is 15.4 Å². The fourth-order valence-electron chi connectivity index (χ4n) is 4.50. The zero-order valence-corrected chi connectivity index (χ0v) is 24.4. The number of amides is 3. The number of H-pyrrole nitrogens is 1. The Kier molecular flexibility index (Phi) is 11.3. The first-order valence-electron chi connectivity index (χ1n) is 14.1. The van der Waals surface area contributed by atoms with E-state index >= 15 is 0 Å². The number of rotatable bonds is 14. The Morgan fingerprint density at radius 2 is 1.63 bits per heavy atom. The van der Waals surface area contributed by atoms with Crippen LogP contribution in [0.25, 0.3) is 0 Å². The Balaban J connectivity index is 1.49. The van der Waals surface area contributed by atoms with Gasteiger partial charge in [-0.25, -0.2) is 9.78 Å². The van der Waals surface area contributed by atoms with E-state index in [0.29, 0.717) is 18.0 Å². The number of methoxy groups -OCH3 is 1. The van der Waals surface area contributed by atoms with Crippen molar-refractivity contribution in [3.8, 4) is 5.75 Å². The van der Waals surface area contributed by atoms with E-state index in [0.717, 1.165) is 16.7 Å². The molecule has 0 saturated carbocycles. The van der Waals surface area contributed by atoms with Crippen molar-refractivity contribution >= 4 is 17.9 Å². The summed E-state index contributed by atoms with van der Waals surface area (Å²) < 4.78 is 10.7.